The number of rotatable bonds is 5. The largest absolute Gasteiger partial charge is 0.338 e. The summed E-state index contributed by atoms with van der Waals surface area (Å²) >= 11 is 1.32. The van der Waals surface area contributed by atoms with E-state index in [-0.39, 0.29) is 5.91 Å². The number of hydrogen-bond acceptors (Lipinski definition) is 4. The molecule has 0 spiro atoms. The van der Waals surface area contributed by atoms with Crippen molar-refractivity contribution in [2.24, 2.45) is 0 Å². The summed E-state index contributed by atoms with van der Waals surface area (Å²) in [5, 5.41) is 6.17. The molecule has 6 heteroatoms. The number of benzene rings is 2. The molecule has 0 saturated heterocycles. The molecule has 3 amide bonds. The van der Waals surface area contributed by atoms with E-state index in [1.807, 2.05) is 66.7 Å². The predicted octanol–water partition coefficient (Wildman–Crippen LogP) is 3.91. The highest BCUT2D eigenvalue weighted by atomic mass is 32.2. The first-order chi connectivity index (χ1) is 12.7. The summed E-state index contributed by atoms with van der Waals surface area (Å²) in [5.74, 6) is -0.373. The van der Waals surface area contributed by atoms with Gasteiger partial charge in [0, 0.05) is 11.9 Å². The number of para-hydroxylation sites is 1. The van der Waals surface area contributed by atoms with Gasteiger partial charge in [-0.15, -0.1) is 0 Å². The van der Waals surface area contributed by atoms with E-state index < -0.39 is 11.3 Å². The van der Waals surface area contributed by atoms with Crippen LogP contribution in [0, 0.1) is 0 Å². The van der Waals surface area contributed by atoms with Gasteiger partial charge in [-0.2, -0.15) is 0 Å². The van der Waals surface area contributed by atoms with Crippen molar-refractivity contribution in [1.29, 1.82) is 0 Å². The van der Waals surface area contributed by atoms with Crippen LogP contribution in [-0.2, 0) is 4.79 Å². The minimum Gasteiger partial charge on any atom is -0.338 e. The van der Waals surface area contributed by atoms with Crippen LogP contribution in [0.3, 0.4) is 0 Å². The lowest BCUT2D eigenvalue weighted by Crippen LogP contribution is -2.41. The highest BCUT2D eigenvalue weighted by Crippen LogP contribution is 2.35. The Bertz CT molecular complexity index is 915. The summed E-state index contributed by atoms with van der Waals surface area (Å²) in [4.78, 5) is 29.0. The van der Waals surface area contributed by atoms with E-state index in [0.29, 0.717) is 6.54 Å². The molecular formula is C20H19N3O2S. The third-order valence-electron chi connectivity index (χ3n) is 3.73. The summed E-state index contributed by atoms with van der Waals surface area (Å²) in [5.41, 5.74) is 1.68. The van der Waals surface area contributed by atoms with Gasteiger partial charge in [0.1, 0.15) is 5.25 Å². The molecule has 1 aromatic heterocycles. The van der Waals surface area contributed by atoms with Crippen molar-refractivity contribution in [1.82, 2.24) is 15.6 Å². The third kappa shape index (κ3) is 4.40. The number of fused-ring (bicyclic) bond motifs is 1. The highest BCUT2D eigenvalue weighted by Gasteiger charge is 2.24. The maximum atomic E-state index is 12.7. The average molecular weight is 365 g/mol. The van der Waals surface area contributed by atoms with Gasteiger partial charge < -0.3 is 5.32 Å². The molecule has 1 heterocycles. The normalized spacial score (nSPS) is 11.7. The lowest BCUT2D eigenvalue weighted by Gasteiger charge is -2.16. The first-order valence-corrected chi connectivity index (χ1v) is 9.21. The van der Waals surface area contributed by atoms with Crippen molar-refractivity contribution >= 4 is 34.6 Å². The number of nitrogens with zero attached hydrogens (tertiary/aromatic N) is 1. The van der Waals surface area contributed by atoms with Crippen molar-refractivity contribution in [3.05, 3.63) is 72.3 Å². The number of carbonyl (C=O) groups excluding carboxylic acids is 2. The van der Waals surface area contributed by atoms with Gasteiger partial charge in [-0.3, -0.25) is 10.1 Å². The first-order valence-electron chi connectivity index (χ1n) is 8.33. The number of imide groups is 1. The molecule has 0 bridgehead atoms. The molecule has 1 unspecified atom stereocenters. The van der Waals surface area contributed by atoms with Crippen LogP contribution in [0.4, 0.5) is 4.79 Å². The van der Waals surface area contributed by atoms with Crippen molar-refractivity contribution in [2.75, 3.05) is 6.54 Å². The van der Waals surface area contributed by atoms with Crippen molar-refractivity contribution in [3.63, 3.8) is 0 Å². The van der Waals surface area contributed by atoms with Gasteiger partial charge in [-0.25, -0.2) is 9.78 Å². The second-order valence-electron chi connectivity index (χ2n) is 5.60. The van der Waals surface area contributed by atoms with Crippen LogP contribution in [0.1, 0.15) is 17.7 Å². The zero-order valence-corrected chi connectivity index (χ0v) is 15.1. The van der Waals surface area contributed by atoms with E-state index in [9.17, 15) is 9.59 Å². The Morgan fingerprint density at radius 1 is 1.00 bits per heavy atom. The van der Waals surface area contributed by atoms with Crippen molar-refractivity contribution in [3.8, 4) is 0 Å². The second kappa shape index (κ2) is 8.49. The zero-order chi connectivity index (χ0) is 18.4. The SMILES string of the molecule is CCNC(=O)NC(=O)C(Sc1ccc2ccccc2n1)c1ccccc1. The van der Waals surface area contributed by atoms with Crippen LogP contribution < -0.4 is 10.6 Å². The molecule has 132 valence electrons. The molecule has 26 heavy (non-hydrogen) atoms. The van der Waals surface area contributed by atoms with Crippen molar-refractivity contribution in [2.45, 2.75) is 17.2 Å². The fraction of sp³-hybridized carbons (Fsp3) is 0.150. The molecule has 0 aliphatic heterocycles. The summed E-state index contributed by atoms with van der Waals surface area (Å²) < 4.78 is 0. The fourth-order valence-electron chi connectivity index (χ4n) is 2.52. The molecule has 0 saturated carbocycles. The molecule has 3 aromatic rings. The quantitative estimate of drug-likeness (QED) is 0.673. The average Bonchev–Trinajstić information content (AvgIpc) is 2.66. The number of hydrogen-bond donors (Lipinski definition) is 2. The standard InChI is InChI=1S/C20H19N3O2S/c1-2-21-20(25)23-19(24)18(15-9-4-3-5-10-15)26-17-13-12-14-8-6-7-11-16(14)22-17/h3-13,18H,2H2,1H3,(H2,21,23,24,25). The van der Waals surface area contributed by atoms with Gasteiger partial charge in [0.05, 0.1) is 10.5 Å². The van der Waals surface area contributed by atoms with Crippen LogP contribution in [0.15, 0.2) is 71.8 Å². The lowest BCUT2D eigenvalue weighted by atomic mass is 10.1. The number of pyridine rings is 1. The van der Waals surface area contributed by atoms with Gasteiger partial charge in [-0.1, -0.05) is 66.4 Å². The van der Waals surface area contributed by atoms with Gasteiger partial charge in [0.15, 0.2) is 0 Å². The van der Waals surface area contributed by atoms with Crippen LogP contribution in [-0.4, -0.2) is 23.5 Å². The monoisotopic (exact) mass is 365 g/mol. The molecule has 0 aliphatic carbocycles. The van der Waals surface area contributed by atoms with E-state index >= 15 is 0 Å². The van der Waals surface area contributed by atoms with Crippen LogP contribution >= 0.6 is 11.8 Å². The topological polar surface area (TPSA) is 71.1 Å². The first kappa shape index (κ1) is 17.9. The molecular weight excluding hydrogens is 346 g/mol. The Morgan fingerprint density at radius 2 is 1.73 bits per heavy atom. The summed E-state index contributed by atoms with van der Waals surface area (Å²) in [7, 11) is 0. The van der Waals surface area contributed by atoms with Gasteiger partial charge in [0.25, 0.3) is 0 Å². The maximum absolute atomic E-state index is 12.7. The van der Waals surface area contributed by atoms with Crippen LogP contribution in [0.5, 0.6) is 0 Å². The predicted molar refractivity (Wildman–Crippen MR) is 104 cm³/mol. The minimum atomic E-state index is -0.576. The van der Waals surface area contributed by atoms with E-state index in [4.69, 9.17) is 0 Å². The summed E-state index contributed by atoms with van der Waals surface area (Å²) in [6, 6.07) is 20.6. The summed E-state index contributed by atoms with van der Waals surface area (Å²) in [6.45, 7) is 2.25. The summed E-state index contributed by atoms with van der Waals surface area (Å²) in [6.07, 6.45) is 0. The Hall–Kier alpha value is -2.86. The van der Waals surface area contributed by atoms with Crippen molar-refractivity contribution < 1.29 is 9.59 Å². The second-order valence-corrected chi connectivity index (χ2v) is 6.72. The van der Waals surface area contributed by atoms with Gasteiger partial charge in [0.2, 0.25) is 5.91 Å². The molecule has 0 radical (unpaired) electrons. The minimum absolute atomic E-state index is 0.373. The van der Waals surface area contributed by atoms with Crippen LogP contribution in [0.2, 0.25) is 0 Å². The molecule has 5 nitrogen and oxygen atoms in total. The van der Waals surface area contributed by atoms with E-state index in [0.717, 1.165) is 21.5 Å². The molecule has 0 aliphatic rings. The third-order valence-corrected chi connectivity index (χ3v) is 4.92. The fourth-order valence-corrected chi connectivity index (χ4v) is 3.52. The molecule has 2 aromatic carbocycles. The van der Waals surface area contributed by atoms with E-state index in [1.54, 1.807) is 6.92 Å². The lowest BCUT2D eigenvalue weighted by molar-refractivity contribution is -0.119. The maximum Gasteiger partial charge on any atom is 0.321 e. The zero-order valence-electron chi connectivity index (χ0n) is 14.3. The highest BCUT2D eigenvalue weighted by molar-refractivity contribution is 8.00. The number of carbonyl (C=O) groups is 2. The number of thioether (sulfide) groups is 1. The molecule has 3 rings (SSSR count). The Kier molecular flexibility index (Phi) is 5.86. The van der Waals surface area contributed by atoms with E-state index in [2.05, 4.69) is 15.6 Å². The Balaban J connectivity index is 1.87. The van der Waals surface area contributed by atoms with Gasteiger partial charge in [-0.05, 0) is 24.6 Å². The van der Waals surface area contributed by atoms with Crippen LogP contribution in [0.25, 0.3) is 10.9 Å². The molecule has 1 atom stereocenters. The Labute approximate surface area is 156 Å². The van der Waals surface area contributed by atoms with Gasteiger partial charge >= 0.3 is 6.03 Å². The number of urea groups is 1. The molecule has 0 fully saturated rings. The number of aromatic nitrogens is 1. The molecule has 2 N–H and O–H groups in total. The smallest absolute Gasteiger partial charge is 0.321 e. The van der Waals surface area contributed by atoms with E-state index in [1.165, 1.54) is 11.8 Å². The number of amides is 3. The number of nitrogens with one attached hydrogen (secondary N) is 2. The Morgan fingerprint density at radius 3 is 2.50 bits per heavy atom.